The van der Waals surface area contributed by atoms with E-state index in [0.717, 1.165) is 23.5 Å². The summed E-state index contributed by atoms with van der Waals surface area (Å²) in [6, 6.07) is 15.2. The number of hydrogen-bond acceptors (Lipinski definition) is 5. The maximum absolute atomic E-state index is 13.0. The molecular weight excluding hydrogens is 398 g/mol. The molecule has 9 heteroatoms. The number of nitrogens with zero attached hydrogens (tertiary/aromatic N) is 2. The number of hydroxylamine groups is 2. The van der Waals surface area contributed by atoms with Crippen LogP contribution in [0.15, 0.2) is 59.7 Å². The van der Waals surface area contributed by atoms with Gasteiger partial charge >= 0.3 is 12.0 Å². The quantitative estimate of drug-likeness (QED) is 0.143. The number of amides is 2. The molecule has 2 rings (SSSR count). The summed E-state index contributed by atoms with van der Waals surface area (Å²) in [4.78, 5) is 31.2. The highest BCUT2D eigenvalue weighted by molar-refractivity contribution is 5.88. The highest BCUT2D eigenvalue weighted by Gasteiger charge is 2.50. The highest BCUT2D eigenvalue weighted by Crippen LogP contribution is 2.35. The summed E-state index contributed by atoms with van der Waals surface area (Å²) in [5.74, 6) is 3.92. The van der Waals surface area contributed by atoms with Crippen molar-refractivity contribution >= 4 is 24.0 Å². The summed E-state index contributed by atoms with van der Waals surface area (Å²) in [6.45, 7) is 2.41. The second-order valence-electron chi connectivity index (χ2n) is 6.89. The lowest BCUT2D eigenvalue weighted by molar-refractivity contribution is -0.191. The average molecular weight is 428 g/mol. The number of unbranched alkanes of at least 4 members (excludes halogenated alkanes) is 1. The first-order chi connectivity index (χ1) is 15.0. The van der Waals surface area contributed by atoms with Crippen LogP contribution in [0.1, 0.15) is 30.9 Å². The van der Waals surface area contributed by atoms with Gasteiger partial charge in [-0.1, -0.05) is 55.8 Å². The number of carbonyl (C=O) groups is 2. The summed E-state index contributed by atoms with van der Waals surface area (Å²) in [5.41, 5.74) is -0.181. The third kappa shape index (κ3) is 5.73. The van der Waals surface area contributed by atoms with Gasteiger partial charge < -0.3 is 21.6 Å². The predicted octanol–water partition coefficient (Wildman–Crippen LogP) is 2.90. The first kappa shape index (κ1) is 23.7. The maximum Gasteiger partial charge on any atom is 0.342 e. The number of carboxylic acids is 1. The van der Waals surface area contributed by atoms with Crippen LogP contribution in [0, 0.1) is 0 Å². The second-order valence-corrected chi connectivity index (χ2v) is 6.89. The fourth-order valence-electron chi connectivity index (χ4n) is 3.30. The van der Waals surface area contributed by atoms with Gasteiger partial charge in [0.15, 0.2) is 5.54 Å². The van der Waals surface area contributed by atoms with E-state index in [1.54, 1.807) is 24.3 Å². The molecule has 0 radical (unpaired) electrons. The maximum atomic E-state index is 13.0. The average Bonchev–Trinajstić information content (AvgIpc) is 2.78. The third-order valence-electron chi connectivity index (χ3n) is 4.82. The van der Waals surface area contributed by atoms with Crippen molar-refractivity contribution in [3.05, 3.63) is 65.7 Å². The summed E-state index contributed by atoms with van der Waals surface area (Å²) in [7, 11) is 1.28. The van der Waals surface area contributed by atoms with Crippen LogP contribution in [0.4, 0.5) is 10.5 Å². The van der Waals surface area contributed by atoms with Gasteiger partial charge in [0, 0.05) is 18.7 Å². The minimum Gasteiger partial charge on any atom is -0.479 e. The minimum absolute atomic E-state index is 0.00730. The number of nitrogens with two attached hydrogens (primary N) is 1. The van der Waals surface area contributed by atoms with Crippen molar-refractivity contribution in [1.82, 2.24) is 10.4 Å². The molecule has 2 amide bonds. The first-order valence-corrected chi connectivity index (χ1v) is 9.97. The molecule has 2 aromatic carbocycles. The van der Waals surface area contributed by atoms with Crippen molar-refractivity contribution in [3.8, 4) is 0 Å². The monoisotopic (exact) mass is 427 g/mol. The molecule has 0 aliphatic rings. The van der Waals surface area contributed by atoms with E-state index in [2.05, 4.69) is 15.7 Å². The number of nitrogens with one attached hydrogen (secondary N) is 2. The summed E-state index contributed by atoms with van der Waals surface area (Å²) < 4.78 is 0. The second kappa shape index (κ2) is 11.6. The van der Waals surface area contributed by atoms with Gasteiger partial charge in [-0.3, -0.25) is 4.84 Å². The van der Waals surface area contributed by atoms with Crippen LogP contribution in [-0.4, -0.2) is 42.2 Å². The van der Waals surface area contributed by atoms with Crippen molar-refractivity contribution in [2.45, 2.75) is 31.7 Å². The molecule has 0 unspecified atom stereocenters. The van der Waals surface area contributed by atoms with E-state index in [0.29, 0.717) is 17.8 Å². The number of benzene rings is 2. The largest absolute Gasteiger partial charge is 0.479 e. The van der Waals surface area contributed by atoms with Gasteiger partial charge in [0.05, 0.1) is 7.11 Å². The zero-order valence-corrected chi connectivity index (χ0v) is 17.7. The number of carbonyl (C=O) groups excluding carboxylic acids is 1. The molecule has 0 aliphatic heterocycles. The van der Waals surface area contributed by atoms with Gasteiger partial charge in [0.2, 0.25) is 0 Å². The van der Waals surface area contributed by atoms with Crippen molar-refractivity contribution in [2.75, 3.05) is 19.0 Å². The Morgan fingerprint density at radius 1 is 1.23 bits per heavy atom. The minimum atomic E-state index is -1.83. The normalized spacial score (nSPS) is 12.8. The van der Waals surface area contributed by atoms with Gasteiger partial charge in [-0.05, 0) is 29.7 Å². The Balaban J connectivity index is 2.60. The number of carboxylic acid groups (broad SMARTS) is 1. The standard InChI is InChI=1S/C22H29N5O4/c1-3-4-13-24-21(30)27(31-2)22(20(28)29,15-17-9-6-5-7-10-17)18-11-8-12-19(14-18)25-16-26-23/h5-12,14,16H,3-4,13,15,23H2,1-2H3,(H,24,30)(H,25,26)(H,28,29)/t22-/m1/s1. The number of urea groups is 1. The molecule has 0 saturated heterocycles. The molecule has 0 spiro atoms. The Morgan fingerprint density at radius 3 is 2.58 bits per heavy atom. The molecule has 2 aromatic rings. The Labute approximate surface area is 181 Å². The molecule has 166 valence electrons. The molecule has 1 atom stereocenters. The van der Waals surface area contributed by atoms with E-state index in [1.165, 1.54) is 13.4 Å². The first-order valence-electron chi connectivity index (χ1n) is 9.97. The van der Waals surface area contributed by atoms with E-state index in [1.807, 2.05) is 37.3 Å². The van der Waals surface area contributed by atoms with Crippen LogP contribution < -0.4 is 16.5 Å². The molecule has 0 heterocycles. The van der Waals surface area contributed by atoms with Crippen LogP contribution in [0.5, 0.6) is 0 Å². The number of rotatable bonds is 11. The highest BCUT2D eigenvalue weighted by atomic mass is 16.7. The Bertz CT molecular complexity index is 890. The van der Waals surface area contributed by atoms with Crippen molar-refractivity contribution in [1.29, 1.82) is 0 Å². The van der Waals surface area contributed by atoms with E-state index >= 15 is 0 Å². The number of hydrazone groups is 1. The van der Waals surface area contributed by atoms with Crippen LogP contribution in [-0.2, 0) is 21.6 Å². The topological polar surface area (TPSA) is 129 Å². The molecule has 0 fully saturated rings. The van der Waals surface area contributed by atoms with Crippen molar-refractivity contribution in [2.24, 2.45) is 10.9 Å². The lowest BCUT2D eigenvalue weighted by Crippen LogP contribution is -2.58. The SMILES string of the molecule is CCCCNC(=O)N(OC)[C@@](Cc1ccccc1)(C(=O)O)c1cccc(NC=NN)c1. The number of anilines is 1. The molecular formula is C22H29N5O4. The Morgan fingerprint density at radius 2 is 1.97 bits per heavy atom. The van der Waals surface area contributed by atoms with E-state index < -0.39 is 17.5 Å². The van der Waals surface area contributed by atoms with Crippen molar-refractivity contribution < 1.29 is 19.5 Å². The molecule has 5 N–H and O–H groups in total. The summed E-state index contributed by atoms with van der Waals surface area (Å²) in [5, 5.41) is 20.4. The molecule has 0 aromatic heterocycles. The third-order valence-corrected chi connectivity index (χ3v) is 4.82. The fraction of sp³-hybridized carbons (Fsp3) is 0.318. The van der Waals surface area contributed by atoms with Crippen LogP contribution in [0.3, 0.4) is 0 Å². The number of hydrogen-bond donors (Lipinski definition) is 4. The predicted molar refractivity (Wildman–Crippen MR) is 119 cm³/mol. The fourth-order valence-corrected chi connectivity index (χ4v) is 3.30. The molecule has 9 nitrogen and oxygen atoms in total. The van der Waals surface area contributed by atoms with Gasteiger partial charge in [-0.25, -0.2) is 9.59 Å². The lowest BCUT2D eigenvalue weighted by atomic mass is 9.83. The van der Waals surface area contributed by atoms with E-state index in [9.17, 15) is 14.7 Å². The van der Waals surface area contributed by atoms with Crippen molar-refractivity contribution in [3.63, 3.8) is 0 Å². The zero-order valence-electron chi connectivity index (χ0n) is 17.7. The number of aliphatic carboxylic acids is 1. The molecule has 0 bridgehead atoms. The molecule has 0 aliphatic carbocycles. The zero-order chi connectivity index (χ0) is 22.7. The van der Waals surface area contributed by atoms with E-state index in [4.69, 9.17) is 10.7 Å². The van der Waals surface area contributed by atoms with Gasteiger partial charge in [0.25, 0.3) is 0 Å². The molecule has 31 heavy (non-hydrogen) atoms. The van der Waals surface area contributed by atoms with Gasteiger partial charge in [0.1, 0.15) is 6.34 Å². The summed E-state index contributed by atoms with van der Waals surface area (Å²) >= 11 is 0. The van der Waals surface area contributed by atoms with Gasteiger partial charge in [-0.2, -0.15) is 10.2 Å². The van der Waals surface area contributed by atoms with Crippen LogP contribution in [0.2, 0.25) is 0 Å². The van der Waals surface area contributed by atoms with Crippen LogP contribution >= 0.6 is 0 Å². The lowest BCUT2D eigenvalue weighted by Gasteiger charge is -2.39. The Hall–Kier alpha value is -3.59. The van der Waals surface area contributed by atoms with E-state index in [-0.39, 0.29) is 6.42 Å². The summed E-state index contributed by atoms with van der Waals surface area (Å²) in [6.07, 6.45) is 2.93. The van der Waals surface area contributed by atoms with Gasteiger partial charge in [-0.15, -0.1) is 0 Å². The Kier molecular flexibility index (Phi) is 8.83. The van der Waals surface area contributed by atoms with Crippen LogP contribution in [0.25, 0.3) is 0 Å². The smallest absolute Gasteiger partial charge is 0.342 e. The molecule has 0 saturated carbocycles.